The van der Waals surface area contributed by atoms with Gasteiger partial charge in [0, 0.05) is 11.6 Å². The van der Waals surface area contributed by atoms with Gasteiger partial charge in [-0.1, -0.05) is 42.0 Å². The van der Waals surface area contributed by atoms with E-state index < -0.39 is 35.9 Å². The number of benzene rings is 3. The Bertz CT molecular complexity index is 1640. The lowest BCUT2D eigenvalue weighted by molar-refractivity contribution is -0.122. The molecule has 4 atom stereocenters. The fourth-order valence-corrected chi connectivity index (χ4v) is 6.14. The van der Waals surface area contributed by atoms with E-state index in [1.54, 1.807) is 70.5 Å². The number of nitrogens with zero attached hydrogens (tertiary/aromatic N) is 1. The maximum atomic E-state index is 14.6. The summed E-state index contributed by atoms with van der Waals surface area (Å²) >= 11 is 0. The highest BCUT2D eigenvalue weighted by Crippen LogP contribution is 2.52. The summed E-state index contributed by atoms with van der Waals surface area (Å²) in [5.74, 6) is -0.300. The van der Waals surface area contributed by atoms with Crippen molar-refractivity contribution in [2.24, 2.45) is 11.7 Å². The van der Waals surface area contributed by atoms with Gasteiger partial charge in [-0.3, -0.25) is 9.59 Å². The highest BCUT2D eigenvalue weighted by molar-refractivity contribution is 6.03. The highest BCUT2D eigenvalue weighted by Gasteiger charge is 2.57. The first kappa shape index (κ1) is 29.4. The molecule has 43 heavy (non-hydrogen) atoms. The molecule has 1 aliphatic rings. The molecule has 0 bridgehead atoms. The summed E-state index contributed by atoms with van der Waals surface area (Å²) in [5, 5.41) is 2.91. The first-order valence-electron chi connectivity index (χ1n) is 14.0. The van der Waals surface area contributed by atoms with Crippen LogP contribution in [0.3, 0.4) is 0 Å². The summed E-state index contributed by atoms with van der Waals surface area (Å²) < 4.78 is 16.3. The van der Waals surface area contributed by atoms with Crippen molar-refractivity contribution in [3.63, 3.8) is 0 Å². The number of nitrogens with one attached hydrogen (secondary N) is 1. The molecule has 2 heterocycles. The maximum absolute atomic E-state index is 14.6. The Balaban J connectivity index is 1.72. The van der Waals surface area contributed by atoms with E-state index in [1.807, 2.05) is 43.3 Å². The van der Waals surface area contributed by atoms with Gasteiger partial charge >= 0.3 is 6.03 Å². The number of rotatable bonds is 8. The van der Waals surface area contributed by atoms with Gasteiger partial charge in [0.25, 0.3) is 0 Å². The number of methoxy groups -OCH3 is 2. The van der Waals surface area contributed by atoms with Crippen LogP contribution in [0.25, 0.3) is 0 Å². The molecule has 1 aromatic heterocycles. The van der Waals surface area contributed by atoms with Crippen LogP contribution >= 0.6 is 0 Å². The molecule has 4 unspecified atom stereocenters. The first-order chi connectivity index (χ1) is 20.6. The van der Waals surface area contributed by atoms with Crippen molar-refractivity contribution in [3.05, 3.63) is 113 Å². The Morgan fingerprint density at radius 3 is 2.00 bits per heavy atom. The predicted molar refractivity (Wildman–Crippen MR) is 162 cm³/mol. The van der Waals surface area contributed by atoms with Crippen LogP contribution in [0.2, 0.25) is 0 Å². The number of ether oxygens (including phenoxy) is 2. The topological polar surface area (TPSA) is 124 Å². The van der Waals surface area contributed by atoms with Crippen LogP contribution in [-0.2, 0) is 4.79 Å². The SMILES string of the molecule is COc1ccc(NC(=O)N2C(C(N)=O)C(c3ccc(OC)cc3)C(C(=O)c3cc(C)oc3C)C2c2cccc(C)c2)cc1. The molecule has 0 aliphatic carbocycles. The van der Waals surface area contributed by atoms with Gasteiger partial charge in [-0.25, -0.2) is 4.79 Å². The first-order valence-corrected chi connectivity index (χ1v) is 14.0. The van der Waals surface area contributed by atoms with E-state index in [2.05, 4.69) is 5.32 Å². The van der Waals surface area contributed by atoms with E-state index in [4.69, 9.17) is 19.6 Å². The minimum atomic E-state index is -1.15. The van der Waals surface area contributed by atoms with Gasteiger partial charge in [0.2, 0.25) is 5.91 Å². The number of hydrogen-bond donors (Lipinski definition) is 2. The Labute approximate surface area is 250 Å². The third-order valence-electron chi connectivity index (χ3n) is 8.03. The number of furan rings is 1. The van der Waals surface area contributed by atoms with Crippen molar-refractivity contribution in [1.29, 1.82) is 0 Å². The number of anilines is 1. The Kier molecular flexibility index (Phi) is 8.25. The Morgan fingerprint density at radius 1 is 0.837 bits per heavy atom. The van der Waals surface area contributed by atoms with Gasteiger partial charge in [-0.2, -0.15) is 0 Å². The lowest BCUT2D eigenvalue weighted by atomic mass is 9.76. The van der Waals surface area contributed by atoms with Crippen molar-refractivity contribution in [2.45, 2.75) is 38.8 Å². The maximum Gasteiger partial charge on any atom is 0.323 e. The zero-order chi connectivity index (χ0) is 30.8. The van der Waals surface area contributed by atoms with Crippen molar-refractivity contribution < 1.29 is 28.3 Å². The zero-order valence-corrected chi connectivity index (χ0v) is 24.8. The normalized spacial score (nSPS) is 19.6. The molecular formula is C34H35N3O6. The highest BCUT2D eigenvalue weighted by atomic mass is 16.5. The van der Waals surface area contributed by atoms with E-state index in [9.17, 15) is 14.4 Å². The molecule has 1 fully saturated rings. The van der Waals surface area contributed by atoms with Gasteiger partial charge in [-0.05, 0) is 74.4 Å². The number of nitrogens with two attached hydrogens (primary N) is 1. The molecule has 0 spiro atoms. The second-order valence-electron chi connectivity index (χ2n) is 10.8. The lowest BCUT2D eigenvalue weighted by Gasteiger charge is -2.31. The third kappa shape index (κ3) is 5.70. The molecule has 1 aliphatic heterocycles. The van der Waals surface area contributed by atoms with Crippen molar-refractivity contribution >= 4 is 23.4 Å². The summed E-state index contributed by atoms with van der Waals surface area (Å²) in [6.45, 7) is 5.45. The standard InChI is InChI=1S/C34H35N3O6/c1-19-7-6-8-23(17-19)30-29(32(38)27-18-20(2)43-21(27)3)28(22-9-13-25(41-4)14-10-22)31(33(35)39)37(30)34(40)36-24-11-15-26(42-5)16-12-24/h6-18,28-31H,1-5H3,(H2,35,39)(H,36,40). The van der Waals surface area contributed by atoms with Crippen LogP contribution in [0.15, 0.2) is 83.3 Å². The molecule has 222 valence electrons. The van der Waals surface area contributed by atoms with Crippen molar-refractivity contribution in [2.75, 3.05) is 19.5 Å². The average Bonchev–Trinajstić information content (AvgIpc) is 3.54. The summed E-state index contributed by atoms with van der Waals surface area (Å²) in [6, 6.07) is 20.8. The molecule has 3 amide bonds. The van der Waals surface area contributed by atoms with E-state index in [0.717, 1.165) is 5.56 Å². The number of ketones is 1. The number of carbonyl (C=O) groups is 3. The van der Waals surface area contributed by atoms with Gasteiger partial charge in [0.15, 0.2) is 5.78 Å². The fraction of sp³-hybridized carbons (Fsp3) is 0.265. The van der Waals surface area contributed by atoms with E-state index >= 15 is 0 Å². The smallest absolute Gasteiger partial charge is 0.323 e. The number of primary amides is 1. The molecule has 0 radical (unpaired) electrons. The number of likely N-dealkylation sites (tertiary alicyclic amines) is 1. The van der Waals surface area contributed by atoms with E-state index in [0.29, 0.717) is 45.4 Å². The molecule has 1 saturated heterocycles. The third-order valence-corrected chi connectivity index (χ3v) is 8.03. The minimum absolute atomic E-state index is 0.243. The van der Waals surface area contributed by atoms with Crippen molar-refractivity contribution in [3.8, 4) is 11.5 Å². The molecule has 3 N–H and O–H groups in total. The van der Waals surface area contributed by atoms with E-state index in [1.165, 1.54) is 4.90 Å². The second kappa shape index (κ2) is 12.1. The molecule has 9 heteroatoms. The number of aryl methyl sites for hydroxylation is 3. The van der Waals surface area contributed by atoms with Crippen LogP contribution in [0.4, 0.5) is 10.5 Å². The number of Topliss-reactive ketones (excluding diaryl/α,β-unsaturated/α-hetero) is 1. The van der Waals surface area contributed by atoms with Gasteiger partial charge in [-0.15, -0.1) is 0 Å². The van der Waals surface area contributed by atoms with Crippen LogP contribution in [0.5, 0.6) is 11.5 Å². The van der Waals surface area contributed by atoms with Gasteiger partial charge in [0.1, 0.15) is 29.1 Å². The van der Waals surface area contributed by atoms with Gasteiger partial charge in [0.05, 0.1) is 31.7 Å². The molecule has 3 aromatic carbocycles. The zero-order valence-electron chi connectivity index (χ0n) is 24.8. The molecular weight excluding hydrogens is 546 g/mol. The quantitative estimate of drug-likeness (QED) is 0.248. The molecule has 9 nitrogen and oxygen atoms in total. The number of urea groups is 1. The average molecular weight is 582 g/mol. The summed E-state index contributed by atoms with van der Waals surface area (Å²) in [4.78, 5) is 43.7. The van der Waals surface area contributed by atoms with Crippen molar-refractivity contribution in [1.82, 2.24) is 4.90 Å². The summed E-state index contributed by atoms with van der Waals surface area (Å²) in [6.07, 6.45) is 0. The lowest BCUT2D eigenvalue weighted by Crippen LogP contribution is -2.48. The van der Waals surface area contributed by atoms with Crippen LogP contribution in [0.1, 0.15) is 50.5 Å². The summed E-state index contributed by atoms with van der Waals surface area (Å²) in [7, 11) is 3.12. The minimum Gasteiger partial charge on any atom is -0.497 e. The number of amides is 3. The van der Waals surface area contributed by atoms with Gasteiger partial charge < -0.3 is 29.8 Å². The molecule has 0 saturated carbocycles. The predicted octanol–water partition coefficient (Wildman–Crippen LogP) is 5.95. The fourth-order valence-electron chi connectivity index (χ4n) is 6.14. The second-order valence-corrected chi connectivity index (χ2v) is 10.8. The molecule has 5 rings (SSSR count). The monoisotopic (exact) mass is 581 g/mol. The Morgan fingerprint density at radius 2 is 1.47 bits per heavy atom. The van der Waals surface area contributed by atoms with Crippen LogP contribution in [-0.4, -0.2) is 42.9 Å². The largest absolute Gasteiger partial charge is 0.497 e. The van der Waals surface area contributed by atoms with E-state index in [-0.39, 0.29) is 5.78 Å². The number of carbonyl (C=O) groups excluding carboxylic acids is 3. The van der Waals surface area contributed by atoms with Crippen LogP contribution in [0, 0.1) is 26.7 Å². The molecule has 4 aromatic rings. The number of hydrogen-bond acceptors (Lipinski definition) is 6. The van der Waals surface area contributed by atoms with Crippen LogP contribution < -0.4 is 20.5 Å². The Hall–Kier alpha value is -5.05. The summed E-state index contributed by atoms with van der Waals surface area (Å²) in [5.41, 5.74) is 9.34.